The van der Waals surface area contributed by atoms with Crippen molar-refractivity contribution in [3.05, 3.63) is 53.9 Å². The van der Waals surface area contributed by atoms with Crippen molar-refractivity contribution in [1.29, 1.82) is 5.41 Å². The Bertz CT molecular complexity index is 1490. The number of ketones is 1. The van der Waals surface area contributed by atoms with E-state index in [9.17, 15) is 9.90 Å². The molecule has 214 valence electrons. The molecular formula is C30H36N8O3. The highest BCUT2D eigenvalue weighted by atomic mass is 16.5. The van der Waals surface area contributed by atoms with Crippen LogP contribution in [-0.4, -0.2) is 77.2 Å². The van der Waals surface area contributed by atoms with Crippen LogP contribution in [0.15, 0.2) is 48.1 Å². The molecular weight excluding hydrogens is 520 g/mol. The van der Waals surface area contributed by atoms with Crippen molar-refractivity contribution >= 4 is 11.5 Å². The summed E-state index contributed by atoms with van der Waals surface area (Å²) in [7, 11) is 2.10. The summed E-state index contributed by atoms with van der Waals surface area (Å²) in [4.78, 5) is 28.8. The second-order valence-electron chi connectivity index (χ2n) is 11.5. The lowest BCUT2D eigenvalue weighted by Crippen LogP contribution is -2.39. The lowest BCUT2D eigenvalue weighted by molar-refractivity contribution is -0.131. The monoisotopic (exact) mass is 556 g/mol. The van der Waals surface area contributed by atoms with E-state index in [0.717, 1.165) is 44.2 Å². The van der Waals surface area contributed by atoms with E-state index in [2.05, 4.69) is 37.2 Å². The number of Topliss-reactive ketones (excluding diaryl/α,β-unsaturated/α-hetero) is 1. The third-order valence-electron chi connectivity index (χ3n) is 8.89. The topological polar surface area (TPSA) is 143 Å². The van der Waals surface area contributed by atoms with E-state index in [-0.39, 0.29) is 35.2 Å². The number of hydrogen-bond acceptors (Lipinski definition) is 10. The van der Waals surface area contributed by atoms with Gasteiger partial charge in [0, 0.05) is 42.1 Å². The zero-order valence-corrected chi connectivity index (χ0v) is 23.6. The average Bonchev–Trinajstić information content (AvgIpc) is 3.66. The molecule has 1 spiro atoms. The molecule has 2 aliphatic carbocycles. The third-order valence-corrected chi connectivity index (χ3v) is 8.89. The lowest BCUT2D eigenvalue weighted by Gasteiger charge is -2.39. The highest BCUT2D eigenvalue weighted by molar-refractivity contribution is 6.09. The second-order valence-corrected chi connectivity index (χ2v) is 11.5. The minimum absolute atomic E-state index is 0.00452. The van der Waals surface area contributed by atoms with Crippen LogP contribution in [0, 0.1) is 10.8 Å². The van der Waals surface area contributed by atoms with Crippen molar-refractivity contribution in [2.45, 2.75) is 76.9 Å². The standard InChI is InChI=1S/C30H36N8O3/c1-19(23-10-7-15-37(23)2)41-26-16-25(38-18-22(35-36-38)20-8-6-14-32-17-20)33-29(34-26)27(31)21-9-5-13-30(28(21)40)12-4-3-11-24(30)39/h6,8,14,16-19,23,31,40H,3-5,7,9-13,15H2,1-2H3/t19-,23-,30+/m0/s1. The number of aromatic nitrogens is 6. The molecule has 3 aromatic heterocycles. The van der Waals surface area contributed by atoms with Crippen LogP contribution >= 0.6 is 0 Å². The summed E-state index contributed by atoms with van der Waals surface area (Å²) in [5, 5.41) is 29.1. The lowest BCUT2D eigenvalue weighted by atomic mass is 9.64. The second kappa shape index (κ2) is 11.1. The largest absolute Gasteiger partial charge is 0.511 e. The van der Waals surface area contributed by atoms with E-state index in [1.807, 2.05) is 19.1 Å². The van der Waals surface area contributed by atoms with Gasteiger partial charge in [0.1, 0.15) is 29.1 Å². The average molecular weight is 557 g/mol. The molecule has 0 radical (unpaired) electrons. The number of carbonyl (C=O) groups is 1. The summed E-state index contributed by atoms with van der Waals surface area (Å²) < 4.78 is 7.89. The Kier molecular flexibility index (Phi) is 7.37. The Morgan fingerprint density at radius 3 is 2.80 bits per heavy atom. The molecule has 1 aliphatic heterocycles. The van der Waals surface area contributed by atoms with Crippen LogP contribution in [-0.2, 0) is 4.79 Å². The summed E-state index contributed by atoms with van der Waals surface area (Å²) in [5.41, 5.74) is 0.996. The van der Waals surface area contributed by atoms with E-state index in [0.29, 0.717) is 48.6 Å². The molecule has 0 amide bonds. The van der Waals surface area contributed by atoms with Gasteiger partial charge in [-0.2, -0.15) is 4.98 Å². The number of likely N-dealkylation sites (N-methyl/N-ethyl adjacent to an activating group) is 1. The number of allylic oxidation sites excluding steroid dienone is 2. The van der Waals surface area contributed by atoms with E-state index in [1.54, 1.807) is 24.7 Å². The van der Waals surface area contributed by atoms with Crippen LogP contribution in [0.3, 0.4) is 0 Å². The summed E-state index contributed by atoms with van der Waals surface area (Å²) >= 11 is 0. The van der Waals surface area contributed by atoms with Gasteiger partial charge in [0.05, 0.1) is 11.6 Å². The van der Waals surface area contributed by atoms with Gasteiger partial charge in [-0.1, -0.05) is 11.6 Å². The van der Waals surface area contributed by atoms with Crippen LogP contribution < -0.4 is 4.74 Å². The molecule has 11 heteroatoms. The normalized spacial score (nSPS) is 24.1. The van der Waals surface area contributed by atoms with Crippen LogP contribution in [0.4, 0.5) is 0 Å². The number of aliphatic hydroxyl groups is 1. The van der Waals surface area contributed by atoms with E-state index in [4.69, 9.17) is 10.1 Å². The van der Waals surface area contributed by atoms with Crippen molar-refractivity contribution < 1.29 is 14.6 Å². The number of nitrogens with zero attached hydrogens (tertiary/aromatic N) is 7. The SMILES string of the molecule is C[C@H](Oc1cc(-n2cc(-c3cccnc3)nn2)nc(C(=N)C2=C(O)[C@]3(CCCCC3=O)CCC2)n1)[C@@H]1CCCN1C. The van der Waals surface area contributed by atoms with Gasteiger partial charge in [0.25, 0.3) is 0 Å². The first kappa shape index (κ1) is 27.2. The number of rotatable bonds is 7. The molecule has 6 rings (SSSR count). The summed E-state index contributed by atoms with van der Waals surface area (Å²) in [5.74, 6) is 0.925. The van der Waals surface area contributed by atoms with Gasteiger partial charge < -0.3 is 9.84 Å². The maximum atomic E-state index is 13.0. The molecule has 3 aromatic rings. The van der Waals surface area contributed by atoms with Crippen molar-refractivity contribution in [2.24, 2.45) is 5.41 Å². The zero-order chi connectivity index (χ0) is 28.6. The van der Waals surface area contributed by atoms with Crippen LogP contribution in [0.25, 0.3) is 17.1 Å². The van der Waals surface area contributed by atoms with Crippen molar-refractivity contribution in [3.63, 3.8) is 0 Å². The van der Waals surface area contributed by atoms with Gasteiger partial charge in [0.15, 0.2) is 11.6 Å². The van der Waals surface area contributed by atoms with Crippen LogP contribution in [0.2, 0.25) is 0 Å². The van der Waals surface area contributed by atoms with E-state index in [1.165, 1.54) is 4.68 Å². The maximum Gasteiger partial charge on any atom is 0.219 e. The highest BCUT2D eigenvalue weighted by Gasteiger charge is 2.47. The Morgan fingerprint density at radius 2 is 2.05 bits per heavy atom. The third kappa shape index (κ3) is 5.14. The van der Waals surface area contributed by atoms with Gasteiger partial charge in [-0.15, -0.1) is 5.10 Å². The number of likely N-dealkylation sites (tertiary alicyclic amines) is 1. The molecule has 11 nitrogen and oxygen atoms in total. The summed E-state index contributed by atoms with van der Waals surface area (Å²) in [6.07, 6.45) is 11.8. The Balaban J connectivity index is 1.38. The van der Waals surface area contributed by atoms with Crippen molar-refractivity contribution in [1.82, 2.24) is 34.8 Å². The zero-order valence-electron chi connectivity index (χ0n) is 23.6. The fourth-order valence-electron chi connectivity index (χ4n) is 6.60. The molecule has 41 heavy (non-hydrogen) atoms. The van der Waals surface area contributed by atoms with Crippen molar-refractivity contribution in [3.8, 4) is 23.0 Å². The van der Waals surface area contributed by atoms with Gasteiger partial charge in [-0.05, 0) is 77.6 Å². The van der Waals surface area contributed by atoms with E-state index < -0.39 is 5.41 Å². The first-order valence-corrected chi connectivity index (χ1v) is 14.5. The van der Waals surface area contributed by atoms with Crippen molar-refractivity contribution in [2.75, 3.05) is 13.6 Å². The first-order chi connectivity index (χ1) is 19.9. The van der Waals surface area contributed by atoms with Gasteiger partial charge in [-0.25, -0.2) is 9.67 Å². The molecule has 1 saturated carbocycles. The molecule has 3 atom stereocenters. The fraction of sp³-hybridized carbons (Fsp3) is 0.500. The molecule has 0 bridgehead atoms. The summed E-state index contributed by atoms with van der Waals surface area (Å²) in [6.45, 7) is 3.05. The molecule has 2 fully saturated rings. The molecule has 1 saturated heterocycles. The van der Waals surface area contributed by atoms with E-state index >= 15 is 0 Å². The highest BCUT2D eigenvalue weighted by Crippen LogP contribution is 2.48. The fourth-order valence-corrected chi connectivity index (χ4v) is 6.60. The number of hydrogen-bond donors (Lipinski definition) is 2. The Morgan fingerprint density at radius 1 is 1.20 bits per heavy atom. The predicted octanol–water partition coefficient (Wildman–Crippen LogP) is 4.47. The predicted molar refractivity (Wildman–Crippen MR) is 152 cm³/mol. The number of aliphatic hydroxyl groups excluding tert-OH is 1. The Labute approximate surface area is 239 Å². The van der Waals surface area contributed by atoms with Gasteiger partial charge in [-0.3, -0.25) is 20.1 Å². The molecule has 0 aromatic carbocycles. The minimum atomic E-state index is -0.888. The van der Waals surface area contributed by atoms with Crippen LogP contribution in [0.1, 0.15) is 70.5 Å². The number of carbonyl (C=O) groups excluding carboxylic acids is 1. The first-order valence-electron chi connectivity index (χ1n) is 14.5. The maximum absolute atomic E-state index is 13.0. The van der Waals surface area contributed by atoms with Gasteiger partial charge >= 0.3 is 0 Å². The van der Waals surface area contributed by atoms with Crippen LogP contribution in [0.5, 0.6) is 5.88 Å². The number of ether oxygens (including phenoxy) is 1. The Hall–Kier alpha value is -3.99. The number of nitrogens with one attached hydrogen (secondary N) is 1. The molecule has 0 unspecified atom stereocenters. The molecule has 4 heterocycles. The molecule has 2 N–H and O–H groups in total. The smallest absolute Gasteiger partial charge is 0.219 e. The minimum Gasteiger partial charge on any atom is -0.511 e. The molecule has 3 aliphatic rings. The number of pyridine rings is 1. The van der Waals surface area contributed by atoms with Gasteiger partial charge in [0.2, 0.25) is 5.88 Å². The quantitative estimate of drug-likeness (QED) is 0.403. The summed E-state index contributed by atoms with van der Waals surface area (Å²) in [6, 6.07) is 5.69.